The first kappa shape index (κ1) is 13.5. The molecule has 1 N–H and O–H groups in total. The zero-order valence-electron chi connectivity index (χ0n) is 11.3. The van der Waals surface area contributed by atoms with Gasteiger partial charge < -0.3 is 5.32 Å². The molecule has 0 unspecified atom stereocenters. The van der Waals surface area contributed by atoms with Gasteiger partial charge in [-0.2, -0.15) is 0 Å². The Balaban J connectivity index is 1.97. The van der Waals surface area contributed by atoms with Gasteiger partial charge >= 0.3 is 0 Å². The highest BCUT2D eigenvalue weighted by molar-refractivity contribution is 6.34. The van der Waals surface area contributed by atoms with Gasteiger partial charge in [0.15, 0.2) is 0 Å². The minimum atomic E-state index is -0.288. The van der Waals surface area contributed by atoms with Gasteiger partial charge in [0.25, 0.3) is 5.91 Å². The Morgan fingerprint density at radius 1 is 1.19 bits per heavy atom. The number of amides is 1. The molecule has 1 aromatic carbocycles. The van der Waals surface area contributed by atoms with E-state index in [2.05, 4.69) is 15.3 Å². The average Bonchev–Trinajstić information content (AvgIpc) is 2.47. The molecule has 0 radical (unpaired) electrons. The van der Waals surface area contributed by atoms with Gasteiger partial charge in [-0.1, -0.05) is 17.7 Å². The standard InChI is InChI=1S/C16H12ClN3O/c1-10-8-13(17)12(9-19-10)16(21)20-15-6-2-5-14-11(15)4-3-7-18-14/h2-9H,1H3,(H,20,21). The van der Waals surface area contributed by atoms with Crippen molar-refractivity contribution in [2.75, 3.05) is 5.32 Å². The Morgan fingerprint density at radius 3 is 2.86 bits per heavy atom. The third-order valence-electron chi connectivity index (χ3n) is 3.13. The SMILES string of the molecule is Cc1cc(Cl)c(C(=O)Nc2cccc3ncccc23)cn1. The number of anilines is 1. The summed E-state index contributed by atoms with van der Waals surface area (Å²) in [6.45, 7) is 1.82. The van der Waals surface area contributed by atoms with Crippen LogP contribution >= 0.6 is 11.6 Å². The fraction of sp³-hybridized carbons (Fsp3) is 0.0625. The van der Waals surface area contributed by atoms with E-state index < -0.39 is 0 Å². The number of nitrogens with zero attached hydrogens (tertiary/aromatic N) is 2. The lowest BCUT2D eigenvalue weighted by Crippen LogP contribution is -2.13. The topological polar surface area (TPSA) is 54.9 Å². The Labute approximate surface area is 126 Å². The normalized spacial score (nSPS) is 10.6. The largest absolute Gasteiger partial charge is 0.321 e. The van der Waals surface area contributed by atoms with E-state index in [0.29, 0.717) is 16.3 Å². The number of aryl methyl sites for hydroxylation is 1. The molecule has 0 fully saturated rings. The summed E-state index contributed by atoms with van der Waals surface area (Å²) in [5.41, 5.74) is 2.64. The smallest absolute Gasteiger partial charge is 0.258 e. The molecule has 3 aromatic rings. The molecule has 0 bridgehead atoms. The molecule has 0 aliphatic heterocycles. The zero-order valence-corrected chi connectivity index (χ0v) is 12.1. The van der Waals surface area contributed by atoms with Gasteiger partial charge in [-0.25, -0.2) is 0 Å². The molecule has 0 atom stereocenters. The number of benzene rings is 1. The van der Waals surface area contributed by atoms with Gasteiger partial charge in [0.05, 0.1) is 21.8 Å². The lowest BCUT2D eigenvalue weighted by atomic mass is 10.1. The molecule has 0 aliphatic rings. The van der Waals surface area contributed by atoms with Crippen molar-refractivity contribution in [3.63, 3.8) is 0 Å². The lowest BCUT2D eigenvalue weighted by molar-refractivity contribution is 0.102. The molecular formula is C16H12ClN3O. The maximum absolute atomic E-state index is 12.3. The van der Waals surface area contributed by atoms with Crippen molar-refractivity contribution in [3.05, 3.63) is 65.1 Å². The number of pyridine rings is 2. The summed E-state index contributed by atoms with van der Waals surface area (Å²) in [4.78, 5) is 20.7. The maximum atomic E-state index is 12.3. The molecule has 0 saturated carbocycles. The predicted molar refractivity (Wildman–Crippen MR) is 83.7 cm³/mol. The van der Waals surface area contributed by atoms with E-state index in [0.717, 1.165) is 16.6 Å². The molecule has 0 saturated heterocycles. The van der Waals surface area contributed by atoms with Crippen molar-refractivity contribution in [1.29, 1.82) is 0 Å². The zero-order chi connectivity index (χ0) is 14.8. The number of hydrogen-bond donors (Lipinski definition) is 1. The molecule has 0 spiro atoms. The highest BCUT2D eigenvalue weighted by atomic mass is 35.5. The first-order valence-corrected chi connectivity index (χ1v) is 6.80. The van der Waals surface area contributed by atoms with Crippen molar-refractivity contribution >= 4 is 34.1 Å². The van der Waals surface area contributed by atoms with Gasteiger partial charge in [-0.15, -0.1) is 0 Å². The Bertz CT molecular complexity index is 827. The number of carbonyl (C=O) groups is 1. The van der Waals surface area contributed by atoms with E-state index >= 15 is 0 Å². The monoisotopic (exact) mass is 297 g/mol. The van der Waals surface area contributed by atoms with Crippen LogP contribution in [-0.2, 0) is 0 Å². The number of halogens is 1. The summed E-state index contributed by atoms with van der Waals surface area (Å²) in [6, 6.07) is 11.0. The fourth-order valence-electron chi connectivity index (χ4n) is 2.10. The van der Waals surface area contributed by atoms with Crippen LogP contribution in [0.1, 0.15) is 16.1 Å². The third-order valence-corrected chi connectivity index (χ3v) is 3.44. The second-order valence-corrected chi connectivity index (χ2v) is 5.04. The molecule has 2 heterocycles. The van der Waals surface area contributed by atoms with Gasteiger partial charge in [-0.05, 0) is 37.3 Å². The number of fused-ring (bicyclic) bond motifs is 1. The van der Waals surface area contributed by atoms with Crippen molar-refractivity contribution in [1.82, 2.24) is 9.97 Å². The molecule has 2 aromatic heterocycles. The van der Waals surface area contributed by atoms with Crippen LogP contribution in [-0.4, -0.2) is 15.9 Å². The Kier molecular flexibility index (Phi) is 3.54. The van der Waals surface area contributed by atoms with E-state index in [4.69, 9.17) is 11.6 Å². The van der Waals surface area contributed by atoms with Crippen molar-refractivity contribution in [2.45, 2.75) is 6.92 Å². The first-order valence-electron chi connectivity index (χ1n) is 6.42. The number of rotatable bonds is 2. The summed E-state index contributed by atoms with van der Waals surface area (Å²) in [7, 11) is 0. The lowest BCUT2D eigenvalue weighted by Gasteiger charge is -2.09. The minimum absolute atomic E-state index is 0.288. The summed E-state index contributed by atoms with van der Waals surface area (Å²) in [5, 5.41) is 4.12. The molecule has 21 heavy (non-hydrogen) atoms. The summed E-state index contributed by atoms with van der Waals surface area (Å²) in [5.74, 6) is -0.288. The quantitative estimate of drug-likeness (QED) is 0.782. The molecule has 104 valence electrons. The average molecular weight is 298 g/mol. The van der Waals surface area contributed by atoms with Crippen LogP contribution in [0.2, 0.25) is 5.02 Å². The number of nitrogens with one attached hydrogen (secondary N) is 1. The van der Waals surface area contributed by atoms with Gasteiger partial charge in [0.1, 0.15) is 0 Å². The van der Waals surface area contributed by atoms with Crippen LogP contribution in [0.3, 0.4) is 0 Å². The number of aromatic nitrogens is 2. The Hall–Kier alpha value is -2.46. The third kappa shape index (κ3) is 2.71. The molecule has 4 nitrogen and oxygen atoms in total. The van der Waals surface area contributed by atoms with E-state index in [1.54, 1.807) is 12.3 Å². The number of carbonyl (C=O) groups excluding carboxylic acids is 1. The van der Waals surface area contributed by atoms with Crippen LogP contribution in [0.25, 0.3) is 10.9 Å². The second-order valence-electron chi connectivity index (χ2n) is 4.64. The van der Waals surface area contributed by atoms with Crippen LogP contribution in [0.4, 0.5) is 5.69 Å². The van der Waals surface area contributed by atoms with E-state index in [1.807, 2.05) is 37.3 Å². The maximum Gasteiger partial charge on any atom is 0.258 e. The first-order chi connectivity index (χ1) is 10.1. The van der Waals surface area contributed by atoms with Crippen LogP contribution in [0.15, 0.2) is 48.8 Å². The van der Waals surface area contributed by atoms with Gasteiger partial charge in [-0.3, -0.25) is 14.8 Å². The molecule has 3 rings (SSSR count). The van der Waals surface area contributed by atoms with E-state index in [1.165, 1.54) is 6.20 Å². The summed E-state index contributed by atoms with van der Waals surface area (Å²) in [6.07, 6.45) is 3.20. The predicted octanol–water partition coefficient (Wildman–Crippen LogP) is 3.84. The molecule has 5 heteroatoms. The van der Waals surface area contributed by atoms with Crippen LogP contribution in [0.5, 0.6) is 0 Å². The summed E-state index contributed by atoms with van der Waals surface area (Å²) < 4.78 is 0. The van der Waals surface area contributed by atoms with Crippen molar-refractivity contribution in [2.24, 2.45) is 0 Å². The van der Waals surface area contributed by atoms with Gasteiger partial charge in [0, 0.05) is 23.5 Å². The van der Waals surface area contributed by atoms with E-state index in [9.17, 15) is 4.79 Å². The number of hydrogen-bond acceptors (Lipinski definition) is 3. The molecule has 1 amide bonds. The highest BCUT2D eigenvalue weighted by Gasteiger charge is 2.12. The van der Waals surface area contributed by atoms with Gasteiger partial charge in [0.2, 0.25) is 0 Å². The molecule has 0 aliphatic carbocycles. The minimum Gasteiger partial charge on any atom is -0.321 e. The highest BCUT2D eigenvalue weighted by Crippen LogP contribution is 2.23. The van der Waals surface area contributed by atoms with Crippen LogP contribution < -0.4 is 5.32 Å². The van der Waals surface area contributed by atoms with Crippen molar-refractivity contribution in [3.8, 4) is 0 Å². The molecular weight excluding hydrogens is 286 g/mol. The summed E-state index contributed by atoms with van der Waals surface area (Å²) >= 11 is 6.10. The van der Waals surface area contributed by atoms with E-state index in [-0.39, 0.29) is 5.91 Å². The van der Waals surface area contributed by atoms with Crippen LogP contribution in [0, 0.1) is 6.92 Å². The second kappa shape index (κ2) is 5.50. The fourth-order valence-corrected chi connectivity index (χ4v) is 2.39. The van der Waals surface area contributed by atoms with Crippen molar-refractivity contribution < 1.29 is 4.79 Å². The Morgan fingerprint density at radius 2 is 2.05 bits per heavy atom.